The Labute approximate surface area is 46.1 Å². The van der Waals surface area contributed by atoms with Gasteiger partial charge in [-0.3, -0.25) is 0 Å². The molecule has 1 unspecified atom stereocenters. The molecule has 0 aromatic heterocycles. The number of hydrogen-bond acceptors (Lipinski definition) is 1. The van der Waals surface area contributed by atoms with Crippen molar-refractivity contribution in [3.63, 3.8) is 0 Å². The quantitative estimate of drug-likeness (QED) is 0.521. The van der Waals surface area contributed by atoms with Gasteiger partial charge in [-0.25, -0.2) is 0 Å². The van der Waals surface area contributed by atoms with Crippen LogP contribution in [0.25, 0.3) is 0 Å². The second-order valence-corrected chi connectivity index (χ2v) is 6.51. The second-order valence-electron chi connectivity index (χ2n) is 0.669. The van der Waals surface area contributed by atoms with Crippen molar-refractivity contribution in [3.05, 3.63) is 0 Å². The molecule has 2 radical (unpaired) electrons. The minimum absolute atomic E-state index is 0.443. The predicted molar refractivity (Wildman–Crippen MR) is 25.8 cm³/mol. The van der Waals surface area contributed by atoms with Crippen LogP contribution in [0.4, 0.5) is 0 Å². The normalized spacial score (nSPS) is 14.8. The summed E-state index contributed by atoms with van der Waals surface area (Å²) in [4.78, 5) is 0. The number of hydrogen-bond donors (Lipinski definition) is 0. The average Bonchev–Trinajstić information content (AvgIpc) is 1.38. The van der Waals surface area contributed by atoms with E-state index in [0.717, 1.165) is 26.9 Å². The fourth-order valence-corrected chi connectivity index (χ4v) is 0. The van der Waals surface area contributed by atoms with E-state index in [1.54, 1.807) is 0 Å². The van der Waals surface area contributed by atoms with Gasteiger partial charge in [-0.15, -0.1) is 0 Å². The molecule has 5 heavy (non-hydrogen) atoms. The molecule has 3 heteroatoms. The molecule has 0 saturated carbocycles. The van der Waals surface area contributed by atoms with Crippen molar-refractivity contribution in [3.8, 4) is 0 Å². The molecule has 0 heterocycles. The van der Waals surface area contributed by atoms with Crippen molar-refractivity contribution in [1.29, 1.82) is 0 Å². The Kier molecular flexibility index (Phi) is 3.75. The van der Waals surface area contributed by atoms with Gasteiger partial charge in [0.15, 0.2) is 0 Å². The van der Waals surface area contributed by atoms with Crippen molar-refractivity contribution in [2.75, 3.05) is 5.75 Å². The molecule has 30 valence electrons. The molecule has 1 atom stereocenters. The summed E-state index contributed by atoms with van der Waals surface area (Å²) >= 11 is 0.896. The Morgan fingerprint density at radius 2 is 2.20 bits per heavy atom. The summed E-state index contributed by atoms with van der Waals surface area (Å²) in [5, 5.41) is 0. The van der Waals surface area contributed by atoms with Gasteiger partial charge in [0.25, 0.3) is 0 Å². The Balaban J connectivity index is 2.85. The fourth-order valence-electron chi connectivity index (χ4n) is 0. The van der Waals surface area contributed by atoms with Crippen LogP contribution < -0.4 is 0 Å². The van der Waals surface area contributed by atoms with E-state index in [2.05, 4.69) is 0 Å². The van der Waals surface area contributed by atoms with E-state index in [0.29, 0.717) is 0 Å². The van der Waals surface area contributed by atoms with Gasteiger partial charge < -0.3 is 0 Å². The molecular formula is C2H6OSSn. The topological polar surface area (TPSA) is 17.1 Å². The summed E-state index contributed by atoms with van der Waals surface area (Å²) in [6.07, 6.45) is 0. The first-order chi connectivity index (χ1) is 2.27. The third-order valence-corrected chi connectivity index (χ3v) is 3.71. The zero-order valence-corrected chi connectivity index (χ0v) is 7.21. The standard InChI is InChI=1S/C2H5OS.Sn.H/c1-2-4-3;;/h2H2,1H3;;/q+1;-1;. The van der Waals surface area contributed by atoms with E-state index in [4.69, 9.17) is 0 Å². The monoisotopic (exact) mass is 198 g/mol. The van der Waals surface area contributed by atoms with E-state index in [1.807, 2.05) is 6.92 Å². The van der Waals surface area contributed by atoms with E-state index in [1.165, 1.54) is 0 Å². The average molecular weight is 197 g/mol. The first-order valence-corrected chi connectivity index (χ1v) is 6.82. The zero-order chi connectivity index (χ0) is 4.28. The molecular weight excluding hydrogens is 191 g/mol. The van der Waals surface area contributed by atoms with Crippen LogP contribution in [0.3, 0.4) is 0 Å². The van der Waals surface area contributed by atoms with Crippen molar-refractivity contribution in [2.45, 2.75) is 6.92 Å². The van der Waals surface area contributed by atoms with Gasteiger partial charge >= 0.3 is 46.0 Å². The van der Waals surface area contributed by atoms with Crippen molar-refractivity contribution in [2.24, 2.45) is 0 Å². The molecule has 0 amide bonds. The SMILES string of the molecule is CC[S](=O)[SnH]. The van der Waals surface area contributed by atoms with Crippen molar-refractivity contribution in [1.82, 2.24) is 0 Å². The van der Waals surface area contributed by atoms with Crippen LogP contribution in [0.1, 0.15) is 6.92 Å². The van der Waals surface area contributed by atoms with Gasteiger partial charge in [0.1, 0.15) is 0 Å². The molecule has 0 aliphatic rings. The first kappa shape index (κ1) is 5.95. The van der Waals surface area contributed by atoms with Crippen molar-refractivity contribution >= 4 is 29.1 Å². The predicted octanol–water partition coefficient (Wildman–Crippen LogP) is -0.429. The minimum atomic E-state index is -0.443. The van der Waals surface area contributed by atoms with Gasteiger partial charge in [-0.05, 0) is 0 Å². The summed E-state index contributed by atoms with van der Waals surface area (Å²) in [7, 11) is -0.443. The van der Waals surface area contributed by atoms with Crippen LogP contribution >= 0.6 is 0 Å². The van der Waals surface area contributed by atoms with Crippen LogP contribution in [-0.4, -0.2) is 31.1 Å². The van der Waals surface area contributed by atoms with Crippen LogP contribution in [-0.2, 0) is 7.98 Å². The number of rotatable bonds is 1. The maximum atomic E-state index is 9.98. The molecule has 0 aromatic rings. The van der Waals surface area contributed by atoms with Gasteiger partial charge in [-0.1, -0.05) is 0 Å². The summed E-state index contributed by atoms with van der Waals surface area (Å²) in [6.45, 7) is 1.93. The third kappa shape index (κ3) is 4.95. The Hall–Kier alpha value is 0.949. The van der Waals surface area contributed by atoms with Gasteiger partial charge in [0.2, 0.25) is 0 Å². The van der Waals surface area contributed by atoms with Gasteiger partial charge in [0, 0.05) is 0 Å². The summed E-state index contributed by atoms with van der Waals surface area (Å²) in [5.74, 6) is 0.836. The molecule has 0 spiro atoms. The van der Waals surface area contributed by atoms with Crippen LogP contribution in [0.5, 0.6) is 0 Å². The van der Waals surface area contributed by atoms with E-state index < -0.39 is 7.98 Å². The van der Waals surface area contributed by atoms with E-state index in [9.17, 15) is 4.21 Å². The molecule has 1 nitrogen and oxygen atoms in total. The molecule has 0 aromatic carbocycles. The van der Waals surface area contributed by atoms with Crippen molar-refractivity contribution < 1.29 is 4.21 Å². The Bertz CT molecular complexity index is 44.9. The summed E-state index contributed by atoms with van der Waals surface area (Å²) in [6, 6.07) is 0. The Morgan fingerprint density at radius 1 is 2.00 bits per heavy atom. The maximum absolute atomic E-state index is 9.98. The Morgan fingerprint density at radius 3 is 2.20 bits per heavy atom. The van der Waals surface area contributed by atoms with Crippen LogP contribution in [0, 0.1) is 0 Å². The van der Waals surface area contributed by atoms with Crippen LogP contribution in [0.15, 0.2) is 0 Å². The van der Waals surface area contributed by atoms with E-state index >= 15 is 0 Å². The molecule has 0 bridgehead atoms. The molecule has 0 aliphatic heterocycles. The van der Waals surface area contributed by atoms with E-state index in [-0.39, 0.29) is 0 Å². The molecule has 0 saturated heterocycles. The van der Waals surface area contributed by atoms with Gasteiger partial charge in [0.05, 0.1) is 0 Å². The van der Waals surface area contributed by atoms with Gasteiger partial charge in [-0.2, -0.15) is 0 Å². The molecule has 0 rings (SSSR count). The molecule has 0 N–H and O–H groups in total. The van der Waals surface area contributed by atoms with Crippen LogP contribution in [0.2, 0.25) is 0 Å². The second kappa shape index (κ2) is 3.15. The summed E-state index contributed by atoms with van der Waals surface area (Å²) in [5.41, 5.74) is 0. The zero-order valence-electron chi connectivity index (χ0n) is 3.10. The first-order valence-electron chi connectivity index (χ1n) is 1.40. The summed E-state index contributed by atoms with van der Waals surface area (Å²) < 4.78 is 9.98. The fraction of sp³-hybridized carbons (Fsp3) is 1.00. The molecule has 0 aliphatic carbocycles. The third-order valence-electron chi connectivity index (χ3n) is 0.285. The molecule has 0 fully saturated rings.